The summed E-state index contributed by atoms with van der Waals surface area (Å²) < 4.78 is 1.38. The highest BCUT2D eigenvalue weighted by Gasteiger charge is 2.54. The van der Waals surface area contributed by atoms with Crippen LogP contribution in [0.1, 0.15) is 81.3 Å². The number of aryl methyl sites for hydroxylation is 4. The van der Waals surface area contributed by atoms with Gasteiger partial charge in [-0.3, -0.25) is 14.6 Å². The van der Waals surface area contributed by atoms with Crippen molar-refractivity contribution in [3.63, 3.8) is 0 Å². The summed E-state index contributed by atoms with van der Waals surface area (Å²) in [5.74, 6) is 0.239. The van der Waals surface area contributed by atoms with Crippen LogP contribution in [0.3, 0.4) is 0 Å². The molecule has 11 nitrogen and oxygen atoms in total. The van der Waals surface area contributed by atoms with E-state index in [4.69, 9.17) is 16.6 Å². The van der Waals surface area contributed by atoms with Crippen molar-refractivity contribution in [2.45, 2.75) is 76.4 Å². The molecule has 0 radical (unpaired) electrons. The number of hydrogen-bond acceptors (Lipinski definition) is 7. The Labute approximate surface area is 291 Å². The number of likely N-dealkylation sites (tertiary alicyclic amines) is 1. The number of aromatic amines is 1. The number of nitriles is 1. The van der Waals surface area contributed by atoms with Gasteiger partial charge in [0.1, 0.15) is 11.9 Å². The molecule has 2 heterocycles. The minimum absolute atomic E-state index is 0.0677. The molecule has 1 saturated heterocycles. The minimum Gasteiger partial charge on any atom is -0.399 e. The van der Waals surface area contributed by atoms with Gasteiger partial charge < -0.3 is 21.7 Å². The van der Waals surface area contributed by atoms with E-state index in [0.717, 1.165) is 51.8 Å². The van der Waals surface area contributed by atoms with Crippen LogP contribution in [-0.4, -0.2) is 56.1 Å². The Morgan fingerprint density at radius 2 is 1.80 bits per heavy atom. The monoisotopic (exact) mass is 670 g/mol. The molecule has 3 aliphatic rings. The standard InChI is InChI=1S/C39H42N8O3/c1-21-5-10-29(11-6-21)47-38(50)44-37(45-47)39(18-23(3)43-20-35(48)46-30(19-40)15-28-17-34(28)46)32-12-9-27(36(42)49)14-25(32)7-8-26-16-31(24(4)41)22(2)13-33(26)39/h5-6,9-14,16,23,28,30,34,43H,4,7-8,15,17-18,20,41H2,1-3H3,(H2,42,49)(H,44,45,50)/t23-,28+,30?,34-,39-/m0/s1. The summed E-state index contributed by atoms with van der Waals surface area (Å²) in [4.78, 5) is 44.6. The predicted octanol–water partition coefficient (Wildman–Crippen LogP) is 3.52. The van der Waals surface area contributed by atoms with Crippen LogP contribution in [0.2, 0.25) is 0 Å². The second-order valence-electron chi connectivity index (χ2n) is 14.2. The zero-order valence-corrected chi connectivity index (χ0v) is 28.6. The Morgan fingerprint density at radius 3 is 2.48 bits per heavy atom. The molecule has 3 aromatic carbocycles. The maximum Gasteiger partial charge on any atom is 0.348 e. The van der Waals surface area contributed by atoms with Crippen LogP contribution < -0.4 is 22.5 Å². The molecule has 1 saturated carbocycles. The quantitative estimate of drug-likeness (QED) is 0.211. The minimum atomic E-state index is -1.04. The fourth-order valence-electron chi connectivity index (χ4n) is 8.25. The van der Waals surface area contributed by atoms with E-state index in [9.17, 15) is 19.6 Å². The van der Waals surface area contributed by atoms with Crippen molar-refractivity contribution in [2.75, 3.05) is 6.54 Å². The molecule has 2 aliphatic carbocycles. The molecule has 7 rings (SSSR count). The third-order valence-electron chi connectivity index (χ3n) is 10.8. The predicted molar refractivity (Wildman–Crippen MR) is 190 cm³/mol. The Hall–Kier alpha value is -5.47. The van der Waals surface area contributed by atoms with E-state index in [1.165, 1.54) is 4.68 Å². The van der Waals surface area contributed by atoms with Gasteiger partial charge in [-0.05, 0) is 123 Å². The molecule has 2 fully saturated rings. The summed E-state index contributed by atoms with van der Waals surface area (Å²) >= 11 is 0. The molecule has 0 bridgehead atoms. The van der Waals surface area contributed by atoms with E-state index in [1.807, 2.05) is 57.2 Å². The lowest BCUT2D eigenvalue weighted by molar-refractivity contribution is -0.131. The van der Waals surface area contributed by atoms with Gasteiger partial charge in [0.25, 0.3) is 0 Å². The van der Waals surface area contributed by atoms with Gasteiger partial charge in [-0.25, -0.2) is 4.79 Å². The first-order valence-electron chi connectivity index (χ1n) is 17.1. The Balaban J connectivity index is 1.39. The van der Waals surface area contributed by atoms with Crippen LogP contribution in [0.4, 0.5) is 0 Å². The van der Waals surface area contributed by atoms with Crippen molar-refractivity contribution in [3.05, 3.63) is 122 Å². The Bertz CT molecular complexity index is 2140. The number of carbonyl (C=O) groups is 2. The molecule has 256 valence electrons. The normalized spacial score (nSPS) is 22.4. The summed E-state index contributed by atoms with van der Waals surface area (Å²) in [6.07, 6.45) is 3.31. The van der Waals surface area contributed by atoms with Crippen molar-refractivity contribution < 1.29 is 9.59 Å². The van der Waals surface area contributed by atoms with Gasteiger partial charge in [-0.2, -0.15) is 9.94 Å². The van der Waals surface area contributed by atoms with E-state index < -0.39 is 11.3 Å². The average Bonchev–Trinajstić information content (AvgIpc) is 3.62. The van der Waals surface area contributed by atoms with Gasteiger partial charge >= 0.3 is 5.69 Å². The Morgan fingerprint density at radius 1 is 1.08 bits per heavy atom. The molecular formula is C39H42N8O3. The number of benzene rings is 3. The third kappa shape index (κ3) is 5.59. The zero-order valence-electron chi connectivity index (χ0n) is 28.6. The van der Waals surface area contributed by atoms with Gasteiger partial charge in [0.2, 0.25) is 11.8 Å². The number of nitrogens with two attached hydrogens (primary N) is 2. The van der Waals surface area contributed by atoms with Gasteiger partial charge in [0.15, 0.2) is 0 Å². The van der Waals surface area contributed by atoms with Gasteiger partial charge in [0.05, 0.1) is 23.7 Å². The highest BCUT2D eigenvalue weighted by Crippen LogP contribution is 2.49. The lowest BCUT2D eigenvalue weighted by atomic mass is 9.67. The fourth-order valence-corrected chi connectivity index (χ4v) is 8.25. The van der Waals surface area contributed by atoms with E-state index in [0.29, 0.717) is 48.0 Å². The van der Waals surface area contributed by atoms with E-state index in [2.05, 4.69) is 35.1 Å². The van der Waals surface area contributed by atoms with Crippen LogP contribution >= 0.6 is 0 Å². The van der Waals surface area contributed by atoms with Crippen LogP contribution in [0.15, 0.2) is 66.0 Å². The lowest BCUT2D eigenvalue weighted by Crippen LogP contribution is -2.46. The van der Waals surface area contributed by atoms with E-state index in [-0.39, 0.29) is 36.3 Å². The molecule has 1 unspecified atom stereocenters. The first kappa shape index (κ1) is 33.0. The number of fused-ring (bicyclic) bond motifs is 3. The topological polar surface area (TPSA) is 176 Å². The SMILES string of the molecule is C=C(N)c1cc2c(cc1C)[C@@](C[C@H](C)NCC(=O)N1C(C#N)C[C@@H]3C[C@@H]31)(c1nn(-c3ccc(C)cc3)c(=O)[nH]1)c1ccc(C(N)=O)cc1CC2. The number of carbonyl (C=O) groups excluding carboxylic acids is 2. The van der Waals surface area contributed by atoms with Crippen LogP contribution in [0.25, 0.3) is 11.4 Å². The summed E-state index contributed by atoms with van der Waals surface area (Å²) in [7, 11) is 0. The largest absolute Gasteiger partial charge is 0.399 e. The average molecular weight is 671 g/mol. The van der Waals surface area contributed by atoms with Crippen molar-refractivity contribution in [3.8, 4) is 11.8 Å². The van der Waals surface area contributed by atoms with Crippen molar-refractivity contribution in [2.24, 2.45) is 17.4 Å². The van der Waals surface area contributed by atoms with Crippen LogP contribution in [0.5, 0.6) is 0 Å². The first-order valence-corrected chi connectivity index (χ1v) is 17.1. The molecule has 11 heteroatoms. The van der Waals surface area contributed by atoms with Crippen molar-refractivity contribution in [1.29, 1.82) is 5.26 Å². The smallest absolute Gasteiger partial charge is 0.348 e. The number of hydrogen-bond donors (Lipinski definition) is 4. The van der Waals surface area contributed by atoms with Gasteiger partial charge in [-0.15, -0.1) is 5.10 Å². The molecule has 50 heavy (non-hydrogen) atoms. The van der Waals surface area contributed by atoms with Gasteiger partial charge in [-0.1, -0.05) is 36.4 Å². The number of nitrogens with zero attached hydrogens (tertiary/aromatic N) is 4. The van der Waals surface area contributed by atoms with E-state index in [1.54, 1.807) is 11.0 Å². The zero-order chi connectivity index (χ0) is 35.5. The third-order valence-corrected chi connectivity index (χ3v) is 10.8. The maximum atomic E-state index is 13.8. The number of amides is 2. The molecule has 1 aliphatic heterocycles. The molecule has 4 aromatic rings. The second kappa shape index (κ2) is 12.4. The lowest BCUT2D eigenvalue weighted by Gasteiger charge is -2.37. The second-order valence-corrected chi connectivity index (χ2v) is 14.2. The first-order chi connectivity index (χ1) is 23.9. The molecule has 0 spiro atoms. The summed E-state index contributed by atoms with van der Waals surface area (Å²) in [6.45, 7) is 10.1. The highest BCUT2D eigenvalue weighted by atomic mass is 16.2. The summed E-state index contributed by atoms with van der Waals surface area (Å²) in [5.41, 5.74) is 18.6. The van der Waals surface area contributed by atoms with Crippen molar-refractivity contribution in [1.82, 2.24) is 25.0 Å². The highest BCUT2D eigenvalue weighted by molar-refractivity contribution is 5.93. The number of H-pyrrole nitrogens is 1. The fraction of sp³-hybridized carbons (Fsp3) is 0.359. The molecule has 5 atom stereocenters. The molecular weight excluding hydrogens is 628 g/mol. The number of nitrogens with one attached hydrogen (secondary N) is 2. The summed E-state index contributed by atoms with van der Waals surface area (Å²) in [6, 6.07) is 19.0. The molecule has 6 N–H and O–H groups in total. The van der Waals surface area contributed by atoms with Crippen molar-refractivity contribution >= 4 is 17.5 Å². The van der Waals surface area contributed by atoms with Crippen LogP contribution in [-0.2, 0) is 23.1 Å². The number of piperidine rings is 1. The van der Waals surface area contributed by atoms with Gasteiger partial charge in [0, 0.05) is 23.3 Å². The molecule has 2 amide bonds. The van der Waals surface area contributed by atoms with E-state index >= 15 is 0 Å². The number of rotatable bonds is 9. The van der Waals surface area contributed by atoms with Crippen LogP contribution in [0, 0.1) is 31.1 Å². The summed E-state index contributed by atoms with van der Waals surface area (Å²) in [5, 5.41) is 18.2. The maximum absolute atomic E-state index is 13.8. The Kier molecular flexibility index (Phi) is 8.23. The molecule has 1 aromatic heterocycles. The number of primary amides is 1. The number of aromatic nitrogens is 3.